The number of amides is 2. The minimum atomic E-state index is -0.342. The van der Waals surface area contributed by atoms with E-state index in [0.29, 0.717) is 19.5 Å². The fourth-order valence-electron chi connectivity index (χ4n) is 8.01. The van der Waals surface area contributed by atoms with E-state index in [4.69, 9.17) is 0 Å². The standard InChI is InChI=1S/C38H32N4O2/c43-37-35-27-13-3-7-17-33(27)41(37)21-10-22-42-34-18-8-4-14-28(34)36(38(42)44)30-24-40(32-16-6-2-12-26(30)32)20-9-19-39-23-29(35)25-11-1-5-15-31(25)39/h1-8,11-18,23-24,35-36H,9-10,19-22H2/t35-,36-/m0/s1. The molecule has 3 aliphatic heterocycles. The van der Waals surface area contributed by atoms with Gasteiger partial charge in [-0.3, -0.25) is 9.59 Å². The second-order valence-corrected chi connectivity index (χ2v) is 12.3. The summed E-state index contributed by atoms with van der Waals surface area (Å²) in [4.78, 5) is 32.4. The first-order valence-corrected chi connectivity index (χ1v) is 15.7. The molecule has 44 heavy (non-hydrogen) atoms. The molecule has 4 aromatic carbocycles. The van der Waals surface area contributed by atoms with Crippen molar-refractivity contribution in [3.05, 3.63) is 132 Å². The summed E-state index contributed by atoms with van der Waals surface area (Å²) in [7, 11) is 0. The van der Waals surface area contributed by atoms with Gasteiger partial charge < -0.3 is 18.9 Å². The summed E-state index contributed by atoms with van der Waals surface area (Å²) >= 11 is 0. The molecule has 0 fully saturated rings. The van der Waals surface area contributed by atoms with Crippen molar-refractivity contribution in [2.24, 2.45) is 0 Å². The molecule has 6 heteroatoms. The molecular weight excluding hydrogens is 544 g/mol. The van der Waals surface area contributed by atoms with Crippen LogP contribution in [-0.2, 0) is 22.7 Å². The summed E-state index contributed by atoms with van der Waals surface area (Å²) in [5, 5.41) is 2.28. The van der Waals surface area contributed by atoms with E-state index in [1.165, 1.54) is 0 Å². The molecule has 3 aliphatic rings. The van der Waals surface area contributed by atoms with Crippen molar-refractivity contribution in [1.82, 2.24) is 9.13 Å². The van der Waals surface area contributed by atoms with Gasteiger partial charge in [-0.05, 0) is 59.4 Å². The molecule has 0 N–H and O–H groups in total. The molecule has 9 rings (SSSR count). The molecule has 2 atom stereocenters. The minimum Gasteiger partial charge on any atom is -0.347 e. The average Bonchev–Trinajstić information content (AvgIpc) is 3.76. The number of hydrogen-bond acceptors (Lipinski definition) is 2. The van der Waals surface area contributed by atoms with Crippen LogP contribution in [0.5, 0.6) is 0 Å². The quantitative estimate of drug-likeness (QED) is 0.195. The first kappa shape index (κ1) is 25.4. The van der Waals surface area contributed by atoms with E-state index in [2.05, 4.69) is 94.3 Å². The van der Waals surface area contributed by atoms with E-state index in [-0.39, 0.29) is 23.7 Å². The van der Waals surface area contributed by atoms with Gasteiger partial charge in [0, 0.05) is 71.8 Å². The number of aryl methyl sites for hydroxylation is 2. The highest BCUT2D eigenvalue weighted by atomic mass is 16.2. The second kappa shape index (κ2) is 9.71. The fourth-order valence-corrected chi connectivity index (χ4v) is 8.01. The monoisotopic (exact) mass is 576 g/mol. The summed E-state index contributed by atoms with van der Waals surface area (Å²) < 4.78 is 4.65. The van der Waals surface area contributed by atoms with E-state index in [1.54, 1.807) is 0 Å². The second-order valence-electron chi connectivity index (χ2n) is 12.3. The normalized spacial score (nSPS) is 19.7. The Bertz CT molecular complexity index is 1970. The summed E-state index contributed by atoms with van der Waals surface area (Å²) in [5.41, 5.74) is 8.55. The first-order chi connectivity index (χ1) is 21.7. The molecule has 2 amide bonds. The predicted octanol–water partition coefficient (Wildman–Crippen LogP) is 7.05. The van der Waals surface area contributed by atoms with E-state index >= 15 is 0 Å². The van der Waals surface area contributed by atoms with Gasteiger partial charge in [0.05, 0.1) is 11.8 Å². The number of nitrogens with zero attached hydrogens (tertiary/aromatic N) is 4. The Kier molecular flexibility index (Phi) is 5.61. The zero-order valence-corrected chi connectivity index (χ0v) is 24.4. The van der Waals surface area contributed by atoms with Gasteiger partial charge in [0.15, 0.2) is 0 Å². The number of anilines is 2. The lowest BCUT2D eigenvalue weighted by molar-refractivity contribution is -0.119. The Morgan fingerprint density at radius 3 is 1.36 bits per heavy atom. The van der Waals surface area contributed by atoms with Gasteiger partial charge in [-0.25, -0.2) is 0 Å². The third-order valence-electron chi connectivity index (χ3n) is 9.93. The van der Waals surface area contributed by atoms with Gasteiger partial charge in [0.2, 0.25) is 11.8 Å². The maximum atomic E-state index is 14.3. The van der Waals surface area contributed by atoms with Gasteiger partial charge in [0.25, 0.3) is 0 Å². The van der Waals surface area contributed by atoms with E-state index in [9.17, 15) is 9.59 Å². The number of para-hydroxylation sites is 4. The summed E-state index contributed by atoms with van der Waals surface area (Å²) in [5.74, 6) is -0.451. The number of benzene rings is 4. The topological polar surface area (TPSA) is 50.5 Å². The highest BCUT2D eigenvalue weighted by Gasteiger charge is 2.41. The highest BCUT2D eigenvalue weighted by molar-refractivity contribution is 6.10. The van der Waals surface area contributed by atoms with Crippen molar-refractivity contribution < 1.29 is 9.59 Å². The lowest BCUT2D eigenvalue weighted by atomic mass is 9.92. The fraction of sp³-hybridized carbons (Fsp3) is 0.211. The largest absolute Gasteiger partial charge is 0.347 e. The molecular formula is C38H32N4O2. The molecule has 6 aromatic rings. The number of fused-ring (bicyclic) bond motifs is 22. The number of aromatic nitrogens is 2. The van der Waals surface area contributed by atoms with Crippen molar-refractivity contribution in [2.45, 2.75) is 37.8 Å². The van der Waals surface area contributed by atoms with Crippen molar-refractivity contribution >= 4 is 45.0 Å². The Morgan fingerprint density at radius 1 is 0.455 bits per heavy atom. The summed E-state index contributed by atoms with van der Waals surface area (Å²) in [6, 6.07) is 33.4. The molecule has 216 valence electrons. The van der Waals surface area contributed by atoms with Gasteiger partial charge in [0.1, 0.15) is 0 Å². The zero-order valence-electron chi connectivity index (χ0n) is 24.4. The SMILES string of the molecule is O=C1[C@H]2c3ccccc3N1CCCN1C(=O)[C@@H](c3ccccc31)c1cn(c3ccccc13)CCCn1cc2c2ccccc21. The lowest BCUT2D eigenvalue weighted by Crippen LogP contribution is -2.35. The van der Waals surface area contributed by atoms with Crippen LogP contribution >= 0.6 is 0 Å². The molecule has 0 saturated heterocycles. The molecule has 0 spiro atoms. The Labute approximate surface area is 255 Å². The van der Waals surface area contributed by atoms with Crippen LogP contribution in [0.25, 0.3) is 21.8 Å². The van der Waals surface area contributed by atoms with Crippen molar-refractivity contribution in [1.29, 1.82) is 0 Å². The smallest absolute Gasteiger partial charge is 0.239 e. The molecule has 0 unspecified atom stereocenters. The Balaban J connectivity index is 1.20. The van der Waals surface area contributed by atoms with Crippen LogP contribution in [-0.4, -0.2) is 34.0 Å². The molecule has 5 heterocycles. The summed E-state index contributed by atoms with van der Waals surface area (Å²) in [6.07, 6.45) is 6.04. The molecule has 0 saturated carbocycles. The maximum absolute atomic E-state index is 14.3. The number of rotatable bonds is 0. The van der Waals surface area contributed by atoms with Gasteiger partial charge in [-0.2, -0.15) is 0 Å². The Morgan fingerprint density at radius 2 is 0.864 bits per heavy atom. The molecule has 6 nitrogen and oxygen atoms in total. The van der Waals surface area contributed by atoms with Crippen LogP contribution in [0.1, 0.15) is 46.9 Å². The van der Waals surface area contributed by atoms with E-state index in [1.807, 2.05) is 34.1 Å². The van der Waals surface area contributed by atoms with Crippen molar-refractivity contribution in [3.63, 3.8) is 0 Å². The zero-order chi connectivity index (χ0) is 29.4. The molecule has 2 aromatic heterocycles. The van der Waals surface area contributed by atoms with Crippen molar-refractivity contribution in [2.75, 3.05) is 22.9 Å². The van der Waals surface area contributed by atoms with Gasteiger partial charge in [-0.15, -0.1) is 0 Å². The first-order valence-electron chi connectivity index (χ1n) is 15.7. The highest BCUT2D eigenvalue weighted by Crippen LogP contribution is 2.46. The van der Waals surface area contributed by atoms with Crippen LogP contribution < -0.4 is 9.80 Å². The predicted molar refractivity (Wildman–Crippen MR) is 174 cm³/mol. The van der Waals surface area contributed by atoms with Crippen LogP contribution in [0.4, 0.5) is 11.4 Å². The maximum Gasteiger partial charge on any atom is 0.239 e. The average molecular weight is 577 g/mol. The number of carbonyl (C=O) groups excluding carboxylic acids is 2. The molecule has 0 radical (unpaired) electrons. The minimum absolute atomic E-state index is 0.117. The Hall–Kier alpha value is -5.10. The molecule has 0 aliphatic carbocycles. The van der Waals surface area contributed by atoms with E-state index < -0.39 is 0 Å². The third kappa shape index (κ3) is 3.60. The van der Waals surface area contributed by atoms with E-state index in [0.717, 1.165) is 74.9 Å². The summed E-state index contributed by atoms with van der Waals surface area (Å²) in [6.45, 7) is 2.77. The van der Waals surface area contributed by atoms with Gasteiger partial charge in [-0.1, -0.05) is 72.8 Å². The number of hydrogen-bond donors (Lipinski definition) is 0. The number of carbonyl (C=O) groups is 2. The third-order valence-corrected chi connectivity index (χ3v) is 9.93. The van der Waals surface area contributed by atoms with Crippen LogP contribution in [0, 0.1) is 0 Å². The van der Waals surface area contributed by atoms with Crippen LogP contribution in [0.3, 0.4) is 0 Å². The van der Waals surface area contributed by atoms with Crippen LogP contribution in [0.15, 0.2) is 109 Å². The molecule has 8 bridgehead atoms. The van der Waals surface area contributed by atoms with Crippen LogP contribution in [0.2, 0.25) is 0 Å². The van der Waals surface area contributed by atoms with Crippen molar-refractivity contribution in [3.8, 4) is 0 Å². The lowest BCUT2D eigenvalue weighted by Gasteiger charge is -2.22. The van der Waals surface area contributed by atoms with Gasteiger partial charge >= 0.3 is 0 Å².